The molecule has 1 amide bonds. The van der Waals surface area contributed by atoms with Gasteiger partial charge in [-0.3, -0.25) is 4.79 Å². The zero-order chi connectivity index (χ0) is 13.5. The number of fused-ring (bicyclic) bond motifs is 1. The Labute approximate surface area is 113 Å². The van der Waals surface area contributed by atoms with Crippen LogP contribution in [0, 0.1) is 5.92 Å². The van der Waals surface area contributed by atoms with Crippen molar-refractivity contribution < 1.29 is 4.79 Å². The number of primary amides is 1. The quantitative estimate of drug-likeness (QED) is 0.817. The summed E-state index contributed by atoms with van der Waals surface area (Å²) in [4.78, 5) is 16.5. The van der Waals surface area contributed by atoms with Crippen LogP contribution in [0.1, 0.15) is 37.1 Å². The molecular formula is C14H22N4O. The van der Waals surface area contributed by atoms with Crippen LogP contribution in [0.4, 0.5) is 0 Å². The summed E-state index contributed by atoms with van der Waals surface area (Å²) in [6.07, 6.45) is 8.62. The number of amides is 1. The van der Waals surface area contributed by atoms with Gasteiger partial charge >= 0.3 is 0 Å². The Hall–Kier alpha value is -1.36. The highest BCUT2D eigenvalue weighted by Crippen LogP contribution is 2.40. The van der Waals surface area contributed by atoms with E-state index in [4.69, 9.17) is 5.73 Å². The van der Waals surface area contributed by atoms with Crippen molar-refractivity contribution in [3.05, 3.63) is 17.7 Å². The van der Waals surface area contributed by atoms with Crippen LogP contribution in [-0.4, -0.2) is 28.0 Å². The number of hydrogen-bond donors (Lipinski definition) is 2. The van der Waals surface area contributed by atoms with Gasteiger partial charge in [0.2, 0.25) is 5.91 Å². The van der Waals surface area contributed by atoms with E-state index < -0.39 is 5.54 Å². The molecule has 3 N–H and O–H groups in total. The first-order valence-electron chi connectivity index (χ1n) is 7.19. The predicted octanol–water partition coefficient (Wildman–Crippen LogP) is 0.615. The summed E-state index contributed by atoms with van der Waals surface area (Å²) < 4.78 is 2.15. The number of aromatic nitrogens is 2. The van der Waals surface area contributed by atoms with Crippen LogP contribution in [0.3, 0.4) is 0 Å². The molecule has 3 rings (SSSR count). The zero-order valence-electron chi connectivity index (χ0n) is 11.5. The molecule has 1 aromatic heterocycles. The Kier molecular flexibility index (Phi) is 3.09. The molecule has 1 atom stereocenters. The van der Waals surface area contributed by atoms with Crippen molar-refractivity contribution in [3.8, 4) is 0 Å². The number of carbonyl (C=O) groups is 1. The third-order valence-electron chi connectivity index (χ3n) is 4.69. The molecule has 2 aliphatic carbocycles. The molecule has 2 aliphatic rings. The van der Waals surface area contributed by atoms with Gasteiger partial charge in [0.05, 0.1) is 18.6 Å². The van der Waals surface area contributed by atoms with Crippen molar-refractivity contribution in [1.82, 2.24) is 14.9 Å². The first-order valence-corrected chi connectivity index (χ1v) is 7.19. The van der Waals surface area contributed by atoms with Gasteiger partial charge in [-0.05, 0) is 51.5 Å². The van der Waals surface area contributed by atoms with Gasteiger partial charge in [0.15, 0.2) is 0 Å². The largest absolute Gasteiger partial charge is 0.368 e. The number of carbonyl (C=O) groups excluding carboxylic acids is 1. The molecule has 1 saturated carbocycles. The van der Waals surface area contributed by atoms with E-state index in [0.29, 0.717) is 12.5 Å². The van der Waals surface area contributed by atoms with Gasteiger partial charge < -0.3 is 15.6 Å². The topological polar surface area (TPSA) is 72.9 Å². The number of hydrogen-bond acceptors (Lipinski definition) is 3. The van der Waals surface area contributed by atoms with Crippen LogP contribution in [0.2, 0.25) is 0 Å². The van der Waals surface area contributed by atoms with Gasteiger partial charge in [-0.1, -0.05) is 0 Å². The smallest absolute Gasteiger partial charge is 0.239 e. The van der Waals surface area contributed by atoms with Crippen molar-refractivity contribution in [2.24, 2.45) is 11.7 Å². The molecule has 1 aromatic rings. The maximum atomic E-state index is 12.0. The lowest BCUT2D eigenvalue weighted by Crippen LogP contribution is -2.58. The maximum absolute atomic E-state index is 12.0. The second-order valence-electron chi connectivity index (χ2n) is 5.83. The summed E-state index contributed by atoms with van der Waals surface area (Å²) in [5, 5.41) is 3.20. The van der Waals surface area contributed by atoms with E-state index in [9.17, 15) is 4.79 Å². The Bertz CT molecular complexity index is 492. The molecular weight excluding hydrogens is 240 g/mol. The molecule has 5 nitrogen and oxygen atoms in total. The Morgan fingerprint density at radius 3 is 2.89 bits per heavy atom. The monoisotopic (exact) mass is 262 g/mol. The second kappa shape index (κ2) is 4.63. The van der Waals surface area contributed by atoms with Gasteiger partial charge in [0.1, 0.15) is 5.54 Å². The van der Waals surface area contributed by atoms with E-state index in [-0.39, 0.29) is 5.91 Å². The number of aryl methyl sites for hydroxylation is 1. The molecule has 0 spiro atoms. The van der Waals surface area contributed by atoms with Crippen molar-refractivity contribution in [2.45, 2.75) is 50.6 Å². The second-order valence-corrected chi connectivity index (χ2v) is 5.83. The molecule has 5 heteroatoms. The first kappa shape index (κ1) is 12.7. The summed E-state index contributed by atoms with van der Waals surface area (Å²) in [7, 11) is 1.84. The minimum absolute atomic E-state index is 0.240. The molecule has 104 valence electrons. The lowest BCUT2D eigenvalue weighted by molar-refractivity contribution is -0.125. The van der Waals surface area contributed by atoms with Gasteiger partial charge in [-0.15, -0.1) is 0 Å². The number of likely N-dealkylation sites (N-methyl/N-ethyl adjacent to an activating group) is 1. The third-order valence-corrected chi connectivity index (χ3v) is 4.69. The molecule has 0 aromatic carbocycles. The van der Waals surface area contributed by atoms with E-state index in [1.807, 2.05) is 13.4 Å². The van der Waals surface area contributed by atoms with Gasteiger partial charge in [0, 0.05) is 5.69 Å². The number of nitrogens with two attached hydrogens (primary N) is 1. The van der Waals surface area contributed by atoms with Crippen LogP contribution in [-0.2, 0) is 24.2 Å². The first-order chi connectivity index (χ1) is 9.17. The standard InChI is InChI=1S/C14H22N4O/c1-16-14(13(15)19,10-6-7-10)8-18-9-17-11-4-2-3-5-12(11)18/h9-10,16H,2-8H2,1H3,(H2,15,19). The van der Waals surface area contributed by atoms with Crippen LogP contribution in [0.5, 0.6) is 0 Å². The van der Waals surface area contributed by atoms with Crippen LogP contribution in [0.15, 0.2) is 6.33 Å². The molecule has 0 aliphatic heterocycles. The average Bonchev–Trinajstić information content (AvgIpc) is 3.19. The highest BCUT2D eigenvalue weighted by atomic mass is 16.1. The fourth-order valence-electron chi connectivity index (χ4n) is 3.33. The number of rotatable bonds is 5. The number of nitrogens with zero attached hydrogens (tertiary/aromatic N) is 2. The summed E-state index contributed by atoms with van der Waals surface area (Å²) in [5.74, 6) is 0.132. The van der Waals surface area contributed by atoms with E-state index >= 15 is 0 Å². The fraction of sp³-hybridized carbons (Fsp3) is 0.714. The maximum Gasteiger partial charge on any atom is 0.239 e. The van der Waals surface area contributed by atoms with Crippen molar-refractivity contribution in [3.63, 3.8) is 0 Å². The van der Waals surface area contributed by atoms with E-state index in [1.165, 1.54) is 24.2 Å². The average molecular weight is 262 g/mol. The molecule has 1 fully saturated rings. The van der Waals surface area contributed by atoms with Gasteiger partial charge in [-0.25, -0.2) is 4.98 Å². The van der Waals surface area contributed by atoms with Crippen LogP contribution in [0.25, 0.3) is 0 Å². The van der Waals surface area contributed by atoms with Crippen LogP contribution < -0.4 is 11.1 Å². The summed E-state index contributed by atoms with van der Waals surface area (Å²) in [6.45, 7) is 0.617. The summed E-state index contributed by atoms with van der Waals surface area (Å²) in [6, 6.07) is 0. The molecule has 1 unspecified atom stereocenters. The molecule has 0 bridgehead atoms. The van der Waals surface area contributed by atoms with Crippen molar-refractivity contribution in [2.75, 3.05) is 7.05 Å². The van der Waals surface area contributed by atoms with Crippen molar-refractivity contribution in [1.29, 1.82) is 0 Å². The molecule has 0 radical (unpaired) electrons. The van der Waals surface area contributed by atoms with Gasteiger partial charge in [0.25, 0.3) is 0 Å². The Balaban J connectivity index is 1.90. The minimum Gasteiger partial charge on any atom is -0.368 e. The lowest BCUT2D eigenvalue weighted by Gasteiger charge is -2.31. The van der Waals surface area contributed by atoms with Crippen LogP contribution >= 0.6 is 0 Å². The molecule has 19 heavy (non-hydrogen) atoms. The summed E-state index contributed by atoms with van der Waals surface area (Å²) >= 11 is 0. The highest BCUT2D eigenvalue weighted by molar-refractivity contribution is 5.85. The van der Waals surface area contributed by atoms with Gasteiger partial charge in [-0.2, -0.15) is 0 Å². The van der Waals surface area contributed by atoms with Crippen molar-refractivity contribution >= 4 is 5.91 Å². The number of nitrogens with one attached hydrogen (secondary N) is 1. The molecule has 0 saturated heterocycles. The fourth-order valence-corrected chi connectivity index (χ4v) is 3.33. The molecule has 1 heterocycles. The van der Waals surface area contributed by atoms with E-state index in [1.54, 1.807) is 0 Å². The summed E-state index contributed by atoms with van der Waals surface area (Å²) in [5.41, 5.74) is 7.58. The minimum atomic E-state index is -0.605. The predicted molar refractivity (Wildman–Crippen MR) is 72.6 cm³/mol. The number of imidazole rings is 1. The lowest BCUT2D eigenvalue weighted by atomic mass is 9.91. The zero-order valence-corrected chi connectivity index (χ0v) is 11.5. The third kappa shape index (κ3) is 2.06. The van der Waals surface area contributed by atoms with E-state index in [2.05, 4.69) is 14.9 Å². The normalized spacial score (nSPS) is 21.7. The SMILES string of the molecule is CNC(Cn1cnc2c1CCCC2)(C(N)=O)C1CC1. The Morgan fingerprint density at radius 1 is 1.53 bits per heavy atom. The highest BCUT2D eigenvalue weighted by Gasteiger charge is 2.49. The van der Waals surface area contributed by atoms with E-state index in [0.717, 1.165) is 25.7 Å². The Morgan fingerprint density at radius 2 is 2.26 bits per heavy atom.